The van der Waals surface area contributed by atoms with Crippen molar-refractivity contribution in [1.82, 2.24) is 24.8 Å². The number of hydrogen-bond donors (Lipinski definition) is 2. The maximum absolute atomic E-state index is 13.4. The summed E-state index contributed by atoms with van der Waals surface area (Å²) in [5.74, 6) is 0.541. The van der Waals surface area contributed by atoms with Gasteiger partial charge in [-0.05, 0) is 36.2 Å². The fourth-order valence-electron chi connectivity index (χ4n) is 3.85. The zero-order valence-electron chi connectivity index (χ0n) is 18.1. The normalized spacial score (nSPS) is 12.5. The number of aromatic nitrogens is 4. The van der Waals surface area contributed by atoms with E-state index in [9.17, 15) is 4.39 Å². The molecule has 6 nitrogen and oxygen atoms in total. The third kappa shape index (κ3) is 3.72. The Morgan fingerprint density at radius 3 is 2.75 bits per heavy atom. The van der Waals surface area contributed by atoms with Crippen LogP contribution in [0.25, 0.3) is 32.0 Å². The van der Waals surface area contributed by atoms with E-state index in [1.807, 2.05) is 30.8 Å². The Hall–Kier alpha value is -3.36. The zero-order valence-corrected chi connectivity index (χ0v) is 18.9. The van der Waals surface area contributed by atoms with Crippen LogP contribution in [0.3, 0.4) is 0 Å². The fraction of sp³-hybridized carbons (Fsp3) is 0.208. The Morgan fingerprint density at radius 2 is 1.94 bits per heavy atom. The maximum atomic E-state index is 13.4. The predicted molar refractivity (Wildman–Crippen MR) is 128 cm³/mol. The standard InChI is InChI=1S/C24H23FN6S/c1-14(27-12-15-6-4-9-18(25)10-15)16-7-5-8-17(11-16)23-29-20-21-19(28-13-31(21)3)22(26-2)30-24(20)32-23/h4-11,13-14,27H,12H2,1-3H3,(H,26,30). The number of aryl methyl sites for hydroxylation is 1. The van der Waals surface area contributed by atoms with Crippen LogP contribution < -0.4 is 10.6 Å². The van der Waals surface area contributed by atoms with E-state index >= 15 is 0 Å². The van der Waals surface area contributed by atoms with Crippen molar-refractivity contribution in [1.29, 1.82) is 0 Å². The molecule has 0 aliphatic carbocycles. The highest BCUT2D eigenvalue weighted by Gasteiger charge is 2.17. The molecule has 162 valence electrons. The highest BCUT2D eigenvalue weighted by molar-refractivity contribution is 7.21. The number of fused-ring (bicyclic) bond motifs is 3. The molecule has 8 heteroatoms. The molecule has 0 aliphatic rings. The van der Waals surface area contributed by atoms with Gasteiger partial charge in [-0.2, -0.15) is 0 Å². The lowest BCUT2D eigenvalue weighted by atomic mass is 10.0. The summed E-state index contributed by atoms with van der Waals surface area (Å²) in [6.07, 6.45) is 1.79. The second-order valence-electron chi connectivity index (χ2n) is 7.79. The SMILES string of the molecule is CNc1nc2sc(-c3cccc(C(C)NCc4cccc(F)c4)c3)nc2c2c1ncn2C. The molecule has 0 amide bonds. The Kier molecular flexibility index (Phi) is 5.32. The molecule has 1 unspecified atom stereocenters. The molecule has 32 heavy (non-hydrogen) atoms. The van der Waals surface area contributed by atoms with Gasteiger partial charge in [0.05, 0.1) is 6.33 Å². The molecule has 0 bridgehead atoms. The molecule has 0 spiro atoms. The molecular weight excluding hydrogens is 423 g/mol. The lowest BCUT2D eigenvalue weighted by Gasteiger charge is -2.15. The van der Waals surface area contributed by atoms with E-state index in [1.54, 1.807) is 29.8 Å². The first kappa shape index (κ1) is 20.5. The Balaban J connectivity index is 1.46. The summed E-state index contributed by atoms with van der Waals surface area (Å²) >= 11 is 1.57. The first-order chi connectivity index (χ1) is 15.5. The first-order valence-corrected chi connectivity index (χ1v) is 11.2. The number of imidazole rings is 1. The summed E-state index contributed by atoms with van der Waals surface area (Å²) in [7, 11) is 3.83. The van der Waals surface area contributed by atoms with Crippen molar-refractivity contribution in [2.75, 3.05) is 12.4 Å². The highest BCUT2D eigenvalue weighted by atomic mass is 32.1. The molecule has 3 aromatic heterocycles. The van der Waals surface area contributed by atoms with Crippen LogP contribution in [0.2, 0.25) is 0 Å². The van der Waals surface area contributed by atoms with E-state index < -0.39 is 0 Å². The van der Waals surface area contributed by atoms with Crippen LogP contribution in [-0.4, -0.2) is 26.6 Å². The van der Waals surface area contributed by atoms with Gasteiger partial charge in [-0.3, -0.25) is 0 Å². The van der Waals surface area contributed by atoms with Crippen LogP contribution in [0.5, 0.6) is 0 Å². The summed E-state index contributed by atoms with van der Waals surface area (Å²) in [6, 6.07) is 15.1. The minimum Gasteiger partial charge on any atom is -0.371 e. The van der Waals surface area contributed by atoms with Crippen LogP contribution in [0.4, 0.5) is 10.2 Å². The van der Waals surface area contributed by atoms with E-state index in [4.69, 9.17) is 9.97 Å². The molecule has 0 radical (unpaired) electrons. The Morgan fingerprint density at radius 1 is 1.09 bits per heavy atom. The number of thiazole rings is 1. The molecule has 0 fully saturated rings. The van der Waals surface area contributed by atoms with Gasteiger partial charge < -0.3 is 15.2 Å². The summed E-state index contributed by atoms with van der Waals surface area (Å²) < 4.78 is 15.4. The summed E-state index contributed by atoms with van der Waals surface area (Å²) in [5.41, 5.74) is 5.78. The average molecular weight is 447 g/mol. The molecule has 5 rings (SSSR count). The smallest absolute Gasteiger partial charge is 0.155 e. The second-order valence-corrected chi connectivity index (χ2v) is 8.77. The van der Waals surface area contributed by atoms with Crippen LogP contribution >= 0.6 is 11.3 Å². The lowest BCUT2D eigenvalue weighted by Crippen LogP contribution is -2.18. The second kappa shape index (κ2) is 8.29. The molecule has 1 atom stereocenters. The summed E-state index contributed by atoms with van der Waals surface area (Å²) in [5, 5.41) is 7.53. The van der Waals surface area contributed by atoms with Crippen molar-refractivity contribution in [2.24, 2.45) is 7.05 Å². The third-order valence-electron chi connectivity index (χ3n) is 5.58. The van der Waals surface area contributed by atoms with Gasteiger partial charge in [0.1, 0.15) is 32.2 Å². The van der Waals surface area contributed by atoms with Crippen molar-refractivity contribution in [3.8, 4) is 10.6 Å². The molecule has 0 aliphatic heterocycles. The van der Waals surface area contributed by atoms with Gasteiger partial charge in [0.25, 0.3) is 0 Å². The Labute approximate surface area is 189 Å². The summed E-state index contributed by atoms with van der Waals surface area (Å²) in [6.45, 7) is 2.70. The van der Waals surface area contributed by atoms with E-state index in [0.29, 0.717) is 6.54 Å². The van der Waals surface area contributed by atoms with E-state index in [1.165, 1.54) is 6.07 Å². The van der Waals surface area contributed by atoms with Gasteiger partial charge in [0.15, 0.2) is 5.82 Å². The minimum atomic E-state index is -0.215. The monoisotopic (exact) mass is 446 g/mol. The number of rotatable bonds is 6. The van der Waals surface area contributed by atoms with Crippen molar-refractivity contribution in [3.05, 3.63) is 71.8 Å². The predicted octanol–water partition coefficient (Wildman–Crippen LogP) is 5.28. The summed E-state index contributed by atoms with van der Waals surface area (Å²) in [4.78, 5) is 15.0. The third-order valence-corrected chi connectivity index (χ3v) is 6.58. The van der Waals surface area contributed by atoms with Crippen LogP contribution in [-0.2, 0) is 13.6 Å². The zero-order chi connectivity index (χ0) is 22.2. The lowest BCUT2D eigenvalue weighted by molar-refractivity contribution is 0.569. The molecule has 0 saturated heterocycles. The van der Waals surface area contributed by atoms with Gasteiger partial charge in [0.2, 0.25) is 0 Å². The molecule has 5 aromatic rings. The number of nitrogens with zero attached hydrogens (tertiary/aromatic N) is 4. The largest absolute Gasteiger partial charge is 0.371 e. The van der Waals surface area contributed by atoms with Crippen LogP contribution in [0.15, 0.2) is 54.9 Å². The molecule has 2 N–H and O–H groups in total. The average Bonchev–Trinajstić information content (AvgIpc) is 3.40. The molecule has 0 saturated carbocycles. The number of nitrogens with one attached hydrogen (secondary N) is 2. The Bertz CT molecular complexity index is 1420. The number of halogens is 1. The van der Waals surface area contributed by atoms with Gasteiger partial charge in [-0.15, -0.1) is 0 Å². The number of anilines is 1. The topological polar surface area (TPSA) is 67.7 Å². The molecule has 3 heterocycles. The fourth-order valence-corrected chi connectivity index (χ4v) is 4.79. The van der Waals surface area contributed by atoms with Gasteiger partial charge >= 0.3 is 0 Å². The van der Waals surface area contributed by atoms with Crippen LogP contribution in [0.1, 0.15) is 24.1 Å². The number of hydrogen-bond acceptors (Lipinski definition) is 6. The van der Waals surface area contributed by atoms with E-state index in [-0.39, 0.29) is 11.9 Å². The highest BCUT2D eigenvalue weighted by Crippen LogP contribution is 2.35. The number of benzene rings is 2. The van der Waals surface area contributed by atoms with Gasteiger partial charge in [0, 0.05) is 32.2 Å². The van der Waals surface area contributed by atoms with Gasteiger partial charge in [-0.25, -0.2) is 19.3 Å². The quantitative estimate of drug-likeness (QED) is 0.372. The van der Waals surface area contributed by atoms with Crippen molar-refractivity contribution in [3.63, 3.8) is 0 Å². The molecular formula is C24H23FN6S. The maximum Gasteiger partial charge on any atom is 0.155 e. The minimum absolute atomic E-state index is 0.102. The molecule has 2 aromatic carbocycles. The van der Waals surface area contributed by atoms with E-state index in [2.05, 4.69) is 40.7 Å². The van der Waals surface area contributed by atoms with Crippen molar-refractivity contribution >= 4 is 38.5 Å². The van der Waals surface area contributed by atoms with Gasteiger partial charge in [-0.1, -0.05) is 41.7 Å². The number of pyridine rings is 1. The van der Waals surface area contributed by atoms with Crippen molar-refractivity contribution in [2.45, 2.75) is 19.5 Å². The van der Waals surface area contributed by atoms with Crippen LogP contribution in [0, 0.1) is 5.82 Å². The van der Waals surface area contributed by atoms with E-state index in [0.717, 1.165) is 48.9 Å². The van der Waals surface area contributed by atoms with Crippen molar-refractivity contribution < 1.29 is 4.39 Å². The first-order valence-electron chi connectivity index (χ1n) is 10.4.